The van der Waals surface area contributed by atoms with E-state index in [1.165, 1.54) is 0 Å². The van der Waals surface area contributed by atoms with E-state index in [0.717, 1.165) is 25.1 Å². The third-order valence-corrected chi connectivity index (χ3v) is 3.27. The van der Waals surface area contributed by atoms with Crippen LogP contribution >= 0.6 is 0 Å². The van der Waals surface area contributed by atoms with Gasteiger partial charge in [0.15, 0.2) is 0 Å². The zero-order valence-electron chi connectivity index (χ0n) is 11.6. The summed E-state index contributed by atoms with van der Waals surface area (Å²) in [5.74, 6) is 0.734. The molecule has 3 nitrogen and oxygen atoms in total. The summed E-state index contributed by atoms with van der Waals surface area (Å²) in [4.78, 5) is 14.1. The van der Waals surface area contributed by atoms with E-state index in [1.54, 1.807) is 0 Å². The number of nitrogen functional groups attached to an aromatic ring is 1. The van der Waals surface area contributed by atoms with Crippen molar-refractivity contribution in [1.29, 1.82) is 0 Å². The number of anilines is 1. The molecular weight excluding hydrogens is 224 g/mol. The molecule has 1 atom stereocenters. The zero-order chi connectivity index (χ0) is 13.5. The van der Waals surface area contributed by atoms with Gasteiger partial charge in [0.05, 0.1) is 6.42 Å². The summed E-state index contributed by atoms with van der Waals surface area (Å²) < 4.78 is 0. The molecule has 0 aliphatic carbocycles. The topological polar surface area (TPSA) is 46.3 Å². The molecule has 0 spiro atoms. The SMILES string of the molecule is CCC(C)CN(CC)C(=O)Cc1cccc(N)c1. The maximum atomic E-state index is 12.2. The summed E-state index contributed by atoms with van der Waals surface area (Å²) in [6, 6.07) is 7.55. The number of likely N-dealkylation sites (N-methyl/N-ethyl adjacent to an activating group) is 1. The largest absolute Gasteiger partial charge is 0.399 e. The molecule has 0 heterocycles. The van der Waals surface area contributed by atoms with E-state index in [9.17, 15) is 4.79 Å². The Morgan fingerprint density at radius 3 is 2.67 bits per heavy atom. The Hall–Kier alpha value is -1.51. The molecule has 1 aromatic carbocycles. The van der Waals surface area contributed by atoms with Gasteiger partial charge in [-0.25, -0.2) is 0 Å². The molecule has 2 N–H and O–H groups in total. The van der Waals surface area contributed by atoms with Crippen LogP contribution in [0.3, 0.4) is 0 Å². The minimum atomic E-state index is 0.184. The lowest BCUT2D eigenvalue weighted by Gasteiger charge is -2.24. The predicted molar refractivity (Wildman–Crippen MR) is 76.3 cm³/mol. The molecule has 0 saturated carbocycles. The second-order valence-electron chi connectivity index (χ2n) is 4.87. The molecule has 1 amide bonds. The van der Waals surface area contributed by atoms with Crippen molar-refractivity contribution >= 4 is 11.6 Å². The lowest BCUT2D eigenvalue weighted by molar-refractivity contribution is -0.130. The number of hydrogen-bond acceptors (Lipinski definition) is 2. The van der Waals surface area contributed by atoms with E-state index < -0.39 is 0 Å². The normalized spacial score (nSPS) is 12.2. The van der Waals surface area contributed by atoms with Crippen molar-refractivity contribution in [3.8, 4) is 0 Å². The third kappa shape index (κ3) is 4.40. The minimum absolute atomic E-state index is 0.184. The van der Waals surface area contributed by atoms with Crippen molar-refractivity contribution in [2.75, 3.05) is 18.8 Å². The van der Waals surface area contributed by atoms with Gasteiger partial charge in [0.25, 0.3) is 0 Å². The fourth-order valence-corrected chi connectivity index (χ4v) is 1.90. The minimum Gasteiger partial charge on any atom is -0.399 e. The van der Waals surface area contributed by atoms with E-state index in [-0.39, 0.29) is 5.91 Å². The smallest absolute Gasteiger partial charge is 0.226 e. The van der Waals surface area contributed by atoms with Crippen molar-refractivity contribution in [1.82, 2.24) is 4.90 Å². The van der Waals surface area contributed by atoms with Gasteiger partial charge in [0.2, 0.25) is 5.91 Å². The monoisotopic (exact) mass is 248 g/mol. The summed E-state index contributed by atoms with van der Waals surface area (Å²) in [5.41, 5.74) is 7.42. The summed E-state index contributed by atoms with van der Waals surface area (Å²) in [6.07, 6.45) is 1.54. The average molecular weight is 248 g/mol. The van der Waals surface area contributed by atoms with Crippen LogP contribution < -0.4 is 5.73 Å². The first kappa shape index (κ1) is 14.6. The van der Waals surface area contributed by atoms with E-state index in [4.69, 9.17) is 5.73 Å². The predicted octanol–water partition coefficient (Wildman–Crippen LogP) is 2.71. The van der Waals surface area contributed by atoms with Crippen molar-refractivity contribution in [2.24, 2.45) is 5.92 Å². The highest BCUT2D eigenvalue weighted by molar-refractivity contribution is 5.79. The zero-order valence-corrected chi connectivity index (χ0v) is 11.6. The first-order chi connectivity index (χ1) is 8.56. The summed E-state index contributed by atoms with van der Waals surface area (Å²) >= 11 is 0. The number of amides is 1. The molecule has 100 valence electrons. The Labute approximate surface area is 110 Å². The molecule has 0 radical (unpaired) electrons. The van der Waals surface area contributed by atoms with E-state index >= 15 is 0 Å². The number of nitrogens with zero attached hydrogens (tertiary/aromatic N) is 1. The summed E-state index contributed by atoms with van der Waals surface area (Å²) in [5, 5.41) is 0. The molecule has 0 aliphatic rings. The highest BCUT2D eigenvalue weighted by atomic mass is 16.2. The van der Waals surface area contributed by atoms with Crippen LogP contribution in [-0.4, -0.2) is 23.9 Å². The van der Waals surface area contributed by atoms with Crippen molar-refractivity contribution in [2.45, 2.75) is 33.6 Å². The van der Waals surface area contributed by atoms with Crippen molar-refractivity contribution in [3.05, 3.63) is 29.8 Å². The molecule has 0 aromatic heterocycles. The second-order valence-corrected chi connectivity index (χ2v) is 4.87. The third-order valence-electron chi connectivity index (χ3n) is 3.27. The van der Waals surface area contributed by atoms with Crippen LogP contribution in [0.1, 0.15) is 32.8 Å². The number of benzene rings is 1. The molecule has 1 rings (SSSR count). The van der Waals surface area contributed by atoms with Gasteiger partial charge in [0, 0.05) is 18.8 Å². The molecule has 0 saturated heterocycles. The van der Waals surface area contributed by atoms with Crippen molar-refractivity contribution in [3.63, 3.8) is 0 Å². The summed E-state index contributed by atoms with van der Waals surface area (Å²) in [6.45, 7) is 7.97. The maximum Gasteiger partial charge on any atom is 0.226 e. The number of nitrogens with two attached hydrogens (primary N) is 1. The van der Waals surface area contributed by atoms with Crippen LogP contribution in [-0.2, 0) is 11.2 Å². The van der Waals surface area contributed by atoms with Crippen LogP contribution in [0.25, 0.3) is 0 Å². The molecular formula is C15H24N2O. The van der Waals surface area contributed by atoms with Crippen LogP contribution in [0.2, 0.25) is 0 Å². The Kier molecular flexibility index (Phi) is 5.69. The van der Waals surface area contributed by atoms with Crippen LogP contribution in [0, 0.1) is 5.92 Å². The molecule has 0 bridgehead atoms. The van der Waals surface area contributed by atoms with Crippen LogP contribution in [0.4, 0.5) is 5.69 Å². The molecule has 0 aliphatic heterocycles. The van der Waals surface area contributed by atoms with Gasteiger partial charge < -0.3 is 10.6 Å². The maximum absolute atomic E-state index is 12.2. The van der Waals surface area contributed by atoms with Gasteiger partial charge in [-0.1, -0.05) is 32.4 Å². The van der Waals surface area contributed by atoms with E-state index in [1.807, 2.05) is 36.1 Å². The molecule has 1 aromatic rings. The quantitative estimate of drug-likeness (QED) is 0.787. The highest BCUT2D eigenvalue weighted by Crippen LogP contribution is 2.10. The van der Waals surface area contributed by atoms with Gasteiger partial charge in [0.1, 0.15) is 0 Å². The van der Waals surface area contributed by atoms with Gasteiger partial charge in [-0.3, -0.25) is 4.79 Å². The van der Waals surface area contributed by atoms with Gasteiger partial charge >= 0.3 is 0 Å². The second kappa shape index (κ2) is 7.04. The summed E-state index contributed by atoms with van der Waals surface area (Å²) in [7, 11) is 0. The Morgan fingerprint density at radius 1 is 1.39 bits per heavy atom. The van der Waals surface area contributed by atoms with Crippen LogP contribution in [0.15, 0.2) is 24.3 Å². The molecule has 18 heavy (non-hydrogen) atoms. The van der Waals surface area contributed by atoms with Gasteiger partial charge in [-0.15, -0.1) is 0 Å². The lowest BCUT2D eigenvalue weighted by Crippen LogP contribution is -2.35. The van der Waals surface area contributed by atoms with Crippen LogP contribution in [0.5, 0.6) is 0 Å². The van der Waals surface area contributed by atoms with E-state index in [2.05, 4.69) is 13.8 Å². The first-order valence-electron chi connectivity index (χ1n) is 6.69. The standard InChI is InChI=1S/C15H24N2O/c1-4-12(3)11-17(5-2)15(18)10-13-7-6-8-14(16)9-13/h6-9,12H,4-5,10-11,16H2,1-3H3. The Morgan fingerprint density at radius 2 is 2.11 bits per heavy atom. The highest BCUT2D eigenvalue weighted by Gasteiger charge is 2.14. The number of hydrogen-bond donors (Lipinski definition) is 1. The lowest BCUT2D eigenvalue weighted by atomic mass is 10.1. The molecule has 3 heteroatoms. The van der Waals surface area contributed by atoms with Gasteiger partial charge in [-0.2, -0.15) is 0 Å². The fraction of sp³-hybridized carbons (Fsp3) is 0.533. The fourth-order valence-electron chi connectivity index (χ4n) is 1.90. The molecule has 0 fully saturated rings. The number of rotatable bonds is 6. The first-order valence-corrected chi connectivity index (χ1v) is 6.69. The Bertz CT molecular complexity index is 390. The number of carbonyl (C=O) groups excluding carboxylic acids is 1. The average Bonchev–Trinajstić information content (AvgIpc) is 2.35. The van der Waals surface area contributed by atoms with Gasteiger partial charge in [-0.05, 0) is 30.5 Å². The molecule has 1 unspecified atom stereocenters. The Balaban J connectivity index is 2.62. The number of carbonyl (C=O) groups is 1. The van der Waals surface area contributed by atoms with E-state index in [0.29, 0.717) is 18.0 Å². The van der Waals surface area contributed by atoms with Crippen molar-refractivity contribution < 1.29 is 4.79 Å².